The van der Waals surface area contributed by atoms with E-state index in [-0.39, 0.29) is 23.1 Å². The van der Waals surface area contributed by atoms with E-state index in [9.17, 15) is 4.79 Å². The molecule has 1 aliphatic heterocycles. The van der Waals surface area contributed by atoms with Gasteiger partial charge in [0.05, 0.1) is 17.2 Å². The molecule has 5 heteroatoms. The third kappa shape index (κ3) is 3.35. The van der Waals surface area contributed by atoms with Crippen molar-refractivity contribution in [3.8, 4) is 0 Å². The molecule has 1 unspecified atom stereocenters. The second kappa shape index (κ2) is 6.33. The summed E-state index contributed by atoms with van der Waals surface area (Å²) in [6, 6.07) is 9.45. The van der Waals surface area contributed by atoms with Crippen molar-refractivity contribution in [2.75, 3.05) is 13.1 Å². The first-order valence-electron chi connectivity index (χ1n) is 6.77. The zero-order valence-corrected chi connectivity index (χ0v) is 12.6. The molecule has 0 bridgehead atoms. The predicted molar refractivity (Wildman–Crippen MR) is 82.6 cm³/mol. The van der Waals surface area contributed by atoms with E-state index in [1.54, 1.807) is 4.90 Å². The van der Waals surface area contributed by atoms with Crippen molar-refractivity contribution in [3.63, 3.8) is 0 Å². The van der Waals surface area contributed by atoms with Gasteiger partial charge in [0, 0.05) is 13.1 Å². The van der Waals surface area contributed by atoms with Crippen LogP contribution >= 0.6 is 12.2 Å². The third-order valence-corrected chi connectivity index (χ3v) is 3.63. The number of ether oxygens (including phenoxy) is 1. The number of carbonyl (C=O) groups excluding carboxylic acids is 1. The Morgan fingerprint density at radius 1 is 1.30 bits per heavy atom. The van der Waals surface area contributed by atoms with Crippen LogP contribution in [0.4, 0.5) is 0 Å². The van der Waals surface area contributed by atoms with Crippen molar-refractivity contribution in [1.82, 2.24) is 4.90 Å². The molecule has 1 amide bonds. The molecule has 1 aromatic carbocycles. The van der Waals surface area contributed by atoms with Gasteiger partial charge >= 0.3 is 0 Å². The van der Waals surface area contributed by atoms with Crippen LogP contribution in [0.2, 0.25) is 0 Å². The van der Waals surface area contributed by atoms with Gasteiger partial charge in [0.1, 0.15) is 5.92 Å². The van der Waals surface area contributed by atoms with E-state index < -0.39 is 5.92 Å². The Labute approximate surface area is 124 Å². The van der Waals surface area contributed by atoms with Crippen LogP contribution in [-0.4, -0.2) is 41.1 Å². The Bertz CT molecular complexity index is 482. The fraction of sp³-hybridized carbons (Fsp3) is 0.467. The number of carbonyl (C=O) groups is 1. The fourth-order valence-corrected chi connectivity index (χ4v) is 2.85. The molecule has 0 radical (unpaired) electrons. The molecule has 2 N–H and O–H groups in total. The number of morpholine rings is 1. The van der Waals surface area contributed by atoms with Crippen molar-refractivity contribution in [2.45, 2.75) is 32.0 Å². The number of hydrogen-bond acceptors (Lipinski definition) is 3. The van der Waals surface area contributed by atoms with Gasteiger partial charge in [0.15, 0.2) is 0 Å². The first-order chi connectivity index (χ1) is 9.49. The second-order valence-corrected chi connectivity index (χ2v) is 5.72. The molecular formula is C15H20N2O2S. The maximum absolute atomic E-state index is 12.7. The predicted octanol–water partition coefficient (Wildman–Crippen LogP) is 1.69. The Kier molecular flexibility index (Phi) is 4.73. The maximum Gasteiger partial charge on any atom is 0.237 e. The normalized spacial score (nSPS) is 24.2. The summed E-state index contributed by atoms with van der Waals surface area (Å²) in [6.45, 7) is 5.09. The van der Waals surface area contributed by atoms with E-state index in [4.69, 9.17) is 22.7 Å². The molecule has 2 rings (SSSR count). The molecular weight excluding hydrogens is 272 g/mol. The largest absolute Gasteiger partial charge is 0.392 e. The molecule has 0 aromatic heterocycles. The SMILES string of the molecule is C[C@@H]1CN(C(=O)C(C(N)=S)c2ccccc2)C[C@H](C)O1. The second-order valence-electron chi connectivity index (χ2n) is 5.25. The molecule has 1 saturated heterocycles. The summed E-state index contributed by atoms with van der Waals surface area (Å²) in [7, 11) is 0. The molecule has 4 nitrogen and oxygen atoms in total. The van der Waals surface area contributed by atoms with Crippen molar-refractivity contribution in [2.24, 2.45) is 5.73 Å². The summed E-state index contributed by atoms with van der Waals surface area (Å²) in [6.07, 6.45) is 0.0657. The number of nitrogens with zero attached hydrogens (tertiary/aromatic N) is 1. The highest BCUT2D eigenvalue weighted by molar-refractivity contribution is 7.80. The Hall–Kier alpha value is -1.46. The number of benzene rings is 1. The minimum Gasteiger partial charge on any atom is -0.392 e. The Morgan fingerprint density at radius 2 is 1.85 bits per heavy atom. The van der Waals surface area contributed by atoms with Gasteiger partial charge < -0.3 is 15.4 Å². The number of thiocarbonyl (C=S) groups is 1. The Morgan fingerprint density at radius 3 is 2.35 bits per heavy atom. The zero-order chi connectivity index (χ0) is 14.7. The number of amides is 1. The first kappa shape index (κ1) is 14.9. The van der Waals surface area contributed by atoms with Crippen molar-refractivity contribution < 1.29 is 9.53 Å². The van der Waals surface area contributed by atoms with Gasteiger partial charge in [-0.2, -0.15) is 0 Å². The lowest BCUT2D eigenvalue weighted by molar-refractivity contribution is -0.143. The average Bonchev–Trinajstić information content (AvgIpc) is 2.38. The summed E-state index contributed by atoms with van der Waals surface area (Å²) in [5, 5.41) is 0. The van der Waals surface area contributed by atoms with Gasteiger partial charge in [-0.15, -0.1) is 0 Å². The van der Waals surface area contributed by atoms with Gasteiger partial charge in [0.25, 0.3) is 0 Å². The summed E-state index contributed by atoms with van der Waals surface area (Å²) in [5.41, 5.74) is 6.64. The molecule has 1 aromatic rings. The zero-order valence-electron chi connectivity index (χ0n) is 11.8. The lowest BCUT2D eigenvalue weighted by Gasteiger charge is -2.37. The first-order valence-corrected chi connectivity index (χ1v) is 7.18. The number of rotatable bonds is 3. The minimum absolute atomic E-state index is 0.0328. The van der Waals surface area contributed by atoms with Crippen LogP contribution in [0.25, 0.3) is 0 Å². The monoisotopic (exact) mass is 292 g/mol. The Balaban J connectivity index is 2.22. The van der Waals surface area contributed by atoms with Crippen LogP contribution in [0.1, 0.15) is 25.3 Å². The van der Waals surface area contributed by atoms with Crippen LogP contribution in [0.5, 0.6) is 0 Å². The highest BCUT2D eigenvalue weighted by Gasteiger charge is 2.32. The summed E-state index contributed by atoms with van der Waals surface area (Å²) < 4.78 is 5.65. The average molecular weight is 292 g/mol. The minimum atomic E-state index is -0.552. The molecule has 0 aliphatic carbocycles. The van der Waals surface area contributed by atoms with Crippen LogP contribution < -0.4 is 5.73 Å². The van der Waals surface area contributed by atoms with Crippen molar-refractivity contribution in [3.05, 3.63) is 35.9 Å². The standard InChI is InChI=1S/C15H20N2O2S/c1-10-8-17(9-11(2)19-10)15(18)13(14(16)20)12-6-4-3-5-7-12/h3-7,10-11,13H,8-9H2,1-2H3,(H2,16,20)/t10-,11+,13?. The van der Waals surface area contributed by atoms with Crippen molar-refractivity contribution >= 4 is 23.1 Å². The molecule has 1 heterocycles. The quantitative estimate of drug-likeness (QED) is 0.862. The smallest absolute Gasteiger partial charge is 0.237 e. The molecule has 0 spiro atoms. The van der Waals surface area contributed by atoms with E-state index in [1.165, 1.54) is 0 Å². The fourth-order valence-electron chi connectivity index (χ4n) is 2.61. The van der Waals surface area contributed by atoms with E-state index in [0.717, 1.165) is 5.56 Å². The topological polar surface area (TPSA) is 55.6 Å². The van der Waals surface area contributed by atoms with Crippen molar-refractivity contribution in [1.29, 1.82) is 0 Å². The summed E-state index contributed by atoms with van der Waals surface area (Å²) in [5.74, 6) is -0.589. The van der Waals surface area contributed by atoms with E-state index >= 15 is 0 Å². The van der Waals surface area contributed by atoms with Crippen LogP contribution in [0.3, 0.4) is 0 Å². The highest BCUT2D eigenvalue weighted by Crippen LogP contribution is 2.21. The molecule has 3 atom stereocenters. The van der Waals surface area contributed by atoms with Gasteiger partial charge in [-0.1, -0.05) is 42.5 Å². The lowest BCUT2D eigenvalue weighted by atomic mass is 9.97. The number of nitrogens with two attached hydrogens (primary N) is 1. The molecule has 1 fully saturated rings. The van der Waals surface area contributed by atoms with Gasteiger partial charge in [-0.25, -0.2) is 0 Å². The molecule has 108 valence electrons. The van der Waals surface area contributed by atoms with E-state index in [2.05, 4.69) is 0 Å². The van der Waals surface area contributed by atoms with Gasteiger partial charge in [-0.05, 0) is 19.4 Å². The van der Waals surface area contributed by atoms with E-state index in [1.807, 2.05) is 44.2 Å². The molecule has 0 saturated carbocycles. The van der Waals surface area contributed by atoms with Gasteiger partial charge in [0.2, 0.25) is 5.91 Å². The van der Waals surface area contributed by atoms with Gasteiger partial charge in [-0.3, -0.25) is 4.79 Å². The lowest BCUT2D eigenvalue weighted by Crippen LogP contribution is -2.51. The molecule has 20 heavy (non-hydrogen) atoms. The third-order valence-electron chi connectivity index (χ3n) is 3.40. The number of hydrogen-bond donors (Lipinski definition) is 1. The van der Waals surface area contributed by atoms with E-state index in [0.29, 0.717) is 13.1 Å². The van der Waals surface area contributed by atoms with Crippen LogP contribution in [0.15, 0.2) is 30.3 Å². The van der Waals surface area contributed by atoms with Crippen LogP contribution in [-0.2, 0) is 9.53 Å². The maximum atomic E-state index is 12.7. The molecule has 1 aliphatic rings. The summed E-state index contributed by atoms with van der Waals surface area (Å²) in [4.78, 5) is 14.8. The summed E-state index contributed by atoms with van der Waals surface area (Å²) >= 11 is 5.10. The van der Waals surface area contributed by atoms with Crippen LogP contribution in [0, 0.1) is 0 Å². The highest BCUT2D eigenvalue weighted by atomic mass is 32.1.